The molecule has 0 radical (unpaired) electrons. The van der Waals surface area contributed by atoms with Gasteiger partial charge in [-0.1, -0.05) is 18.2 Å². The Morgan fingerprint density at radius 1 is 1.12 bits per heavy atom. The van der Waals surface area contributed by atoms with Crippen molar-refractivity contribution in [3.8, 4) is 5.75 Å². The van der Waals surface area contributed by atoms with Crippen molar-refractivity contribution in [2.75, 3.05) is 17.7 Å². The van der Waals surface area contributed by atoms with Crippen LogP contribution in [0.15, 0.2) is 48.5 Å². The van der Waals surface area contributed by atoms with E-state index >= 15 is 0 Å². The Hall–Kier alpha value is -2.16. The maximum absolute atomic E-state index is 9.40. The predicted molar refractivity (Wildman–Crippen MR) is 71.1 cm³/mol. The van der Waals surface area contributed by atoms with Gasteiger partial charge in [0.05, 0.1) is 0 Å². The number of anilines is 2. The molecule has 2 aromatic carbocycles. The summed E-state index contributed by atoms with van der Waals surface area (Å²) >= 11 is 0. The third kappa shape index (κ3) is 2.91. The van der Waals surface area contributed by atoms with E-state index in [1.54, 1.807) is 12.1 Å². The number of hydrogen-bond donors (Lipinski definition) is 2. The summed E-state index contributed by atoms with van der Waals surface area (Å²) in [4.78, 5) is 2.09. The fourth-order valence-electron chi connectivity index (χ4n) is 1.78. The summed E-state index contributed by atoms with van der Waals surface area (Å²) in [7, 11) is 2.00. The minimum atomic E-state index is 0.295. The first-order valence-corrected chi connectivity index (χ1v) is 5.50. The smallest absolute Gasteiger partial charge is 0.115 e. The second-order valence-corrected chi connectivity index (χ2v) is 4.12. The molecule has 88 valence electrons. The van der Waals surface area contributed by atoms with Crippen LogP contribution in [0.1, 0.15) is 5.56 Å². The Morgan fingerprint density at radius 3 is 2.59 bits per heavy atom. The van der Waals surface area contributed by atoms with E-state index in [0.717, 1.165) is 23.5 Å². The van der Waals surface area contributed by atoms with Gasteiger partial charge in [0, 0.05) is 25.0 Å². The first-order chi connectivity index (χ1) is 8.15. The van der Waals surface area contributed by atoms with E-state index < -0.39 is 0 Å². The number of aromatic hydroxyl groups is 1. The molecule has 0 amide bonds. The molecule has 0 unspecified atom stereocenters. The van der Waals surface area contributed by atoms with Gasteiger partial charge in [-0.25, -0.2) is 0 Å². The Labute approximate surface area is 101 Å². The number of nitrogens with zero attached hydrogens (tertiary/aromatic N) is 1. The van der Waals surface area contributed by atoms with Crippen molar-refractivity contribution in [2.24, 2.45) is 0 Å². The highest BCUT2D eigenvalue weighted by Crippen LogP contribution is 2.19. The minimum absolute atomic E-state index is 0.295. The van der Waals surface area contributed by atoms with Crippen LogP contribution in [0.3, 0.4) is 0 Å². The van der Waals surface area contributed by atoms with Crippen LogP contribution in [-0.2, 0) is 6.54 Å². The van der Waals surface area contributed by atoms with Crippen molar-refractivity contribution in [1.82, 2.24) is 0 Å². The molecule has 0 saturated heterocycles. The van der Waals surface area contributed by atoms with E-state index in [9.17, 15) is 5.11 Å². The van der Waals surface area contributed by atoms with Gasteiger partial charge in [-0.05, 0) is 35.9 Å². The van der Waals surface area contributed by atoms with Crippen molar-refractivity contribution in [1.29, 1.82) is 0 Å². The first-order valence-electron chi connectivity index (χ1n) is 5.50. The monoisotopic (exact) mass is 228 g/mol. The highest BCUT2D eigenvalue weighted by Gasteiger charge is 2.02. The quantitative estimate of drug-likeness (QED) is 0.794. The molecular weight excluding hydrogens is 212 g/mol. The average molecular weight is 228 g/mol. The molecule has 3 heteroatoms. The van der Waals surface area contributed by atoms with Crippen LogP contribution >= 0.6 is 0 Å². The summed E-state index contributed by atoms with van der Waals surface area (Å²) in [6.07, 6.45) is 0. The molecule has 0 aliphatic heterocycles. The summed E-state index contributed by atoms with van der Waals surface area (Å²) in [6, 6.07) is 15.0. The van der Waals surface area contributed by atoms with Crippen LogP contribution in [0.4, 0.5) is 11.4 Å². The molecule has 0 fully saturated rings. The molecule has 0 heterocycles. The Bertz CT molecular complexity index is 511. The SMILES string of the molecule is CN(Cc1cccc(O)c1)c1cccc(N)c1. The molecule has 2 rings (SSSR count). The summed E-state index contributed by atoms with van der Waals surface area (Å²) < 4.78 is 0. The van der Waals surface area contributed by atoms with Gasteiger partial charge in [0.2, 0.25) is 0 Å². The molecule has 0 saturated carbocycles. The normalized spacial score (nSPS) is 10.2. The minimum Gasteiger partial charge on any atom is -0.508 e. The van der Waals surface area contributed by atoms with Crippen LogP contribution in [-0.4, -0.2) is 12.2 Å². The van der Waals surface area contributed by atoms with Crippen LogP contribution < -0.4 is 10.6 Å². The predicted octanol–water partition coefficient (Wildman–Crippen LogP) is 2.61. The summed E-state index contributed by atoms with van der Waals surface area (Å²) in [6.45, 7) is 0.734. The molecule has 0 atom stereocenters. The lowest BCUT2D eigenvalue weighted by Crippen LogP contribution is -2.16. The molecule has 0 bridgehead atoms. The fourth-order valence-corrected chi connectivity index (χ4v) is 1.78. The number of benzene rings is 2. The fraction of sp³-hybridized carbons (Fsp3) is 0.143. The van der Waals surface area contributed by atoms with Gasteiger partial charge in [0.15, 0.2) is 0 Å². The highest BCUT2D eigenvalue weighted by molar-refractivity contribution is 5.55. The van der Waals surface area contributed by atoms with Crippen molar-refractivity contribution in [3.63, 3.8) is 0 Å². The third-order valence-corrected chi connectivity index (χ3v) is 2.64. The van der Waals surface area contributed by atoms with Crippen LogP contribution in [0.5, 0.6) is 5.75 Å². The number of nitrogen functional groups attached to an aromatic ring is 1. The zero-order valence-electron chi connectivity index (χ0n) is 9.80. The number of phenols is 1. The summed E-state index contributed by atoms with van der Waals surface area (Å²) in [5, 5.41) is 9.40. The molecule has 3 N–H and O–H groups in total. The standard InChI is InChI=1S/C14H16N2O/c1-16(13-6-3-5-12(15)9-13)10-11-4-2-7-14(17)8-11/h2-9,17H,10,15H2,1H3. The molecule has 3 nitrogen and oxygen atoms in total. The summed E-state index contributed by atoms with van der Waals surface area (Å²) in [5.41, 5.74) is 8.63. The highest BCUT2D eigenvalue weighted by atomic mass is 16.3. The number of hydrogen-bond acceptors (Lipinski definition) is 3. The van der Waals surface area contributed by atoms with Gasteiger partial charge in [-0.15, -0.1) is 0 Å². The van der Waals surface area contributed by atoms with E-state index in [2.05, 4.69) is 4.90 Å². The first kappa shape index (κ1) is 11.3. The molecule has 0 aliphatic rings. The lowest BCUT2D eigenvalue weighted by molar-refractivity contribution is 0.474. The van der Waals surface area contributed by atoms with E-state index in [-0.39, 0.29) is 0 Å². The molecule has 0 spiro atoms. The van der Waals surface area contributed by atoms with E-state index in [1.807, 2.05) is 43.4 Å². The molecular formula is C14H16N2O. The van der Waals surface area contributed by atoms with Gasteiger partial charge in [0.1, 0.15) is 5.75 Å². The lowest BCUT2D eigenvalue weighted by atomic mass is 10.2. The lowest BCUT2D eigenvalue weighted by Gasteiger charge is -2.19. The van der Waals surface area contributed by atoms with Crippen LogP contribution in [0, 0.1) is 0 Å². The Balaban J connectivity index is 2.14. The second-order valence-electron chi connectivity index (χ2n) is 4.12. The summed E-state index contributed by atoms with van der Waals surface area (Å²) in [5.74, 6) is 0.295. The largest absolute Gasteiger partial charge is 0.508 e. The number of rotatable bonds is 3. The van der Waals surface area contributed by atoms with Crippen molar-refractivity contribution >= 4 is 11.4 Å². The number of nitrogens with two attached hydrogens (primary N) is 1. The van der Waals surface area contributed by atoms with Gasteiger partial charge in [-0.2, -0.15) is 0 Å². The van der Waals surface area contributed by atoms with Crippen LogP contribution in [0.25, 0.3) is 0 Å². The zero-order valence-corrected chi connectivity index (χ0v) is 9.80. The van der Waals surface area contributed by atoms with Crippen molar-refractivity contribution in [2.45, 2.75) is 6.54 Å². The van der Waals surface area contributed by atoms with Gasteiger partial charge in [0.25, 0.3) is 0 Å². The van der Waals surface area contributed by atoms with Gasteiger partial charge in [-0.3, -0.25) is 0 Å². The number of phenolic OH excluding ortho intramolecular Hbond substituents is 1. The third-order valence-electron chi connectivity index (χ3n) is 2.64. The average Bonchev–Trinajstić information content (AvgIpc) is 2.29. The van der Waals surface area contributed by atoms with E-state index in [1.165, 1.54) is 0 Å². The topological polar surface area (TPSA) is 49.5 Å². The zero-order chi connectivity index (χ0) is 12.3. The van der Waals surface area contributed by atoms with Crippen LogP contribution in [0.2, 0.25) is 0 Å². The van der Waals surface area contributed by atoms with Crippen molar-refractivity contribution < 1.29 is 5.11 Å². The Morgan fingerprint density at radius 2 is 1.88 bits per heavy atom. The van der Waals surface area contributed by atoms with Gasteiger partial charge < -0.3 is 15.7 Å². The molecule has 2 aromatic rings. The maximum Gasteiger partial charge on any atom is 0.115 e. The Kier molecular flexibility index (Phi) is 3.19. The van der Waals surface area contributed by atoms with Gasteiger partial charge >= 0.3 is 0 Å². The second kappa shape index (κ2) is 4.78. The molecule has 0 aliphatic carbocycles. The van der Waals surface area contributed by atoms with Crippen molar-refractivity contribution in [3.05, 3.63) is 54.1 Å². The maximum atomic E-state index is 9.40. The van der Waals surface area contributed by atoms with E-state index in [4.69, 9.17) is 5.73 Å². The molecule has 0 aromatic heterocycles. The molecule has 17 heavy (non-hydrogen) atoms. The van der Waals surface area contributed by atoms with E-state index in [0.29, 0.717) is 5.75 Å².